The molecule has 1 saturated heterocycles. The van der Waals surface area contributed by atoms with Crippen molar-refractivity contribution in [3.63, 3.8) is 0 Å². The average Bonchev–Trinajstić information content (AvgIpc) is 3.14. The molecule has 0 amide bonds. The Morgan fingerprint density at radius 2 is 2.22 bits per heavy atom. The summed E-state index contributed by atoms with van der Waals surface area (Å²) in [6, 6.07) is 8.09. The fraction of sp³-hybridized carbons (Fsp3) is 0.650. The molecule has 0 saturated carbocycles. The van der Waals surface area contributed by atoms with Gasteiger partial charge in [0.25, 0.3) is 0 Å². The normalized spacial score (nSPS) is 17.9. The molecule has 154 valence electrons. The van der Waals surface area contributed by atoms with Crippen molar-refractivity contribution < 1.29 is 14.2 Å². The molecule has 1 aliphatic rings. The molecule has 1 heterocycles. The SMILES string of the molecule is CN=C(NCCCOCC1CCCO1)NCC(C)Oc1cccc(C)c1.I. The molecule has 0 radical (unpaired) electrons. The number of nitrogens with one attached hydrogen (secondary N) is 2. The number of guanidine groups is 1. The zero-order valence-electron chi connectivity index (χ0n) is 16.7. The summed E-state index contributed by atoms with van der Waals surface area (Å²) >= 11 is 0. The van der Waals surface area contributed by atoms with Crippen molar-refractivity contribution in [3.8, 4) is 5.75 Å². The molecular formula is C20H34IN3O3. The van der Waals surface area contributed by atoms with Gasteiger partial charge in [-0.3, -0.25) is 4.99 Å². The van der Waals surface area contributed by atoms with Crippen molar-refractivity contribution in [1.82, 2.24) is 10.6 Å². The third-order valence-corrected chi connectivity index (χ3v) is 4.19. The monoisotopic (exact) mass is 491 g/mol. The highest BCUT2D eigenvalue weighted by atomic mass is 127. The van der Waals surface area contributed by atoms with Crippen LogP contribution in [0, 0.1) is 6.92 Å². The van der Waals surface area contributed by atoms with E-state index >= 15 is 0 Å². The summed E-state index contributed by atoms with van der Waals surface area (Å²) in [5, 5.41) is 6.59. The summed E-state index contributed by atoms with van der Waals surface area (Å²) in [6.45, 7) is 7.93. The van der Waals surface area contributed by atoms with Gasteiger partial charge in [0.15, 0.2) is 5.96 Å². The topological polar surface area (TPSA) is 64.1 Å². The third kappa shape index (κ3) is 10.2. The number of hydrogen-bond donors (Lipinski definition) is 2. The molecule has 2 atom stereocenters. The van der Waals surface area contributed by atoms with Crippen LogP contribution in [-0.2, 0) is 9.47 Å². The maximum atomic E-state index is 5.92. The maximum Gasteiger partial charge on any atom is 0.191 e. The van der Waals surface area contributed by atoms with Gasteiger partial charge in [-0.1, -0.05) is 12.1 Å². The molecule has 6 nitrogen and oxygen atoms in total. The van der Waals surface area contributed by atoms with E-state index in [1.807, 2.05) is 25.1 Å². The first kappa shape index (κ1) is 24.0. The third-order valence-electron chi connectivity index (χ3n) is 4.19. The van der Waals surface area contributed by atoms with Gasteiger partial charge in [0, 0.05) is 26.8 Å². The van der Waals surface area contributed by atoms with Gasteiger partial charge in [-0.25, -0.2) is 0 Å². The zero-order valence-corrected chi connectivity index (χ0v) is 19.0. The van der Waals surface area contributed by atoms with Gasteiger partial charge in [-0.05, 0) is 50.8 Å². The van der Waals surface area contributed by atoms with E-state index in [-0.39, 0.29) is 30.1 Å². The van der Waals surface area contributed by atoms with Crippen LogP contribution in [0.5, 0.6) is 5.75 Å². The van der Waals surface area contributed by atoms with Crippen LogP contribution < -0.4 is 15.4 Å². The summed E-state index contributed by atoms with van der Waals surface area (Å²) in [5.74, 6) is 1.68. The molecule has 2 rings (SSSR count). The lowest BCUT2D eigenvalue weighted by Crippen LogP contribution is -2.42. The fourth-order valence-electron chi connectivity index (χ4n) is 2.80. The van der Waals surface area contributed by atoms with E-state index in [0.717, 1.165) is 50.7 Å². The first-order valence-corrected chi connectivity index (χ1v) is 9.54. The van der Waals surface area contributed by atoms with E-state index in [1.54, 1.807) is 7.05 Å². The van der Waals surface area contributed by atoms with Gasteiger partial charge < -0.3 is 24.8 Å². The Bertz CT molecular complexity index is 551. The molecule has 2 unspecified atom stereocenters. The van der Waals surface area contributed by atoms with Gasteiger partial charge in [-0.15, -0.1) is 24.0 Å². The molecule has 1 aromatic carbocycles. The van der Waals surface area contributed by atoms with Crippen molar-refractivity contribution in [1.29, 1.82) is 0 Å². The summed E-state index contributed by atoms with van der Waals surface area (Å²) in [7, 11) is 1.77. The van der Waals surface area contributed by atoms with E-state index in [4.69, 9.17) is 14.2 Å². The first-order valence-electron chi connectivity index (χ1n) is 9.54. The van der Waals surface area contributed by atoms with Gasteiger partial charge in [0.2, 0.25) is 0 Å². The second-order valence-electron chi connectivity index (χ2n) is 6.69. The lowest BCUT2D eigenvalue weighted by Gasteiger charge is -2.18. The summed E-state index contributed by atoms with van der Waals surface area (Å²) in [4.78, 5) is 4.24. The highest BCUT2D eigenvalue weighted by Crippen LogP contribution is 2.14. The van der Waals surface area contributed by atoms with Crippen LogP contribution in [0.15, 0.2) is 29.3 Å². The predicted molar refractivity (Wildman–Crippen MR) is 120 cm³/mol. The smallest absolute Gasteiger partial charge is 0.191 e. The highest BCUT2D eigenvalue weighted by molar-refractivity contribution is 14.0. The maximum absolute atomic E-state index is 5.92. The van der Waals surface area contributed by atoms with Crippen LogP contribution in [0.25, 0.3) is 0 Å². The van der Waals surface area contributed by atoms with Crippen molar-refractivity contribution >= 4 is 29.9 Å². The number of nitrogens with zero attached hydrogens (tertiary/aromatic N) is 1. The van der Waals surface area contributed by atoms with E-state index < -0.39 is 0 Å². The largest absolute Gasteiger partial charge is 0.489 e. The molecule has 7 heteroatoms. The number of hydrogen-bond acceptors (Lipinski definition) is 4. The van der Waals surface area contributed by atoms with E-state index in [0.29, 0.717) is 19.3 Å². The van der Waals surface area contributed by atoms with Crippen LogP contribution in [0.3, 0.4) is 0 Å². The van der Waals surface area contributed by atoms with Crippen LogP contribution >= 0.6 is 24.0 Å². The lowest BCUT2D eigenvalue weighted by molar-refractivity contribution is 0.0168. The van der Waals surface area contributed by atoms with E-state index in [2.05, 4.69) is 28.6 Å². The van der Waals surface area contributed by atoms with Crippen molar-refractivity contribution in [2.24, 2.45) is 4.99 Å². The van der Waals surface area contributed by atoms with Crippen LogP contribution in [0.4, 0.5) is 0 Å². The molecular weight excluding hydrogens is 457 g/mol. The zero-order chi connectivity index (χ0) is 18.6. The number of benzene rings is 1. The highest BCUT2D eigenvalue weighted by Gasteiger charge is 2.14. The van der Waals surface area contributed by atoms with Gasteiger partial charge in [0.05, 0.1) is 19.3 Å². The molecule has 1 aromatic rings. The molecule has 1 aliphatic heterocycles. The Hall–Kier alpha value is -1.06. The van der Waals surface area contributed by atoms with Gasteiger partial charge in [-0.2, -0.15) is 0 Å². The van der Waals surface area contributed by atoms with Crippen LogP contribution in [-0.4, -0.2) is 58.1 Å². The minimum atomic E-state index is 0. The molecule has 0 spiro atoms. The quantitative estimate of drug-likeness (QED) is 0.228. The standard InChI is InChI=1S/C20H33N3O3.HI/c1-16-7-4-8-18(13-16)26-17(2)14-23-20(21-3)22-10-6-11-24-15-19-9-5-12-25-19;/h4,7-8,13,17,19H,5-6,9-12,14-15H2,1-3H3,(H2,21,22,23);1H. The van der Waals surface area contributed by atoms with Crippen molar-refractivity contribution in [2.45, 2.75) is 45.3 Å². The Labute approximate surface area is 180 Å². The number of ether oxygens (including phenoxy) is 3. The second kappa shape index (κ2) is 14.0. The lowest BCUT2D eigenvalue weighted by atomic mass is 10.2. The molecule has 2 N–H and O–H groups in total. The van der Waals surface area contributed by atoms with E-state index in [9.17, 15) is 0 Å². The number of rotatable bonds is 10. The number of halogens is 1. The van der Waals surface area contributed by atoms with Gasteiger partial charge >= 0.3 is 0 Å². The predicted octanol–water partition coefficient (Wildman–Crippen LogP) is 3.13. The number of aryl methyl sites for hydroxylation is 1. The van der Waals surface area contributed by atoms with Crippen molar-refractivity contribution in [2.75, 3.05) is 40.0 Å². The Kier molecular flexibility index (Phi) is 12.4. The fourth-order valence-corrected chi connectivity index (χ4v) is 2.80. The van der Waals surface area contributed by atoms with Gasteiger partial charge in [0.1, 0.15) is 11.9 Å². The molecule has 1 fully saturated rings. The Morgan fingerprint density at radius 1 is 1.37 bits per heavy atom. The average molecular weight is 491 g/mol. The molecule has 0 aromatic heterocycles. The summed E-state index contributed by atoms with van der Waals surface area (Å²) in [5.41, 5.74) is 1.20. The van der Waals surface area contributed by atoms with Crippen LogP contribution in [0.2, 0.25) is 0 Å². The summed E-state index contributed by atoms with van der Waals surface area (Å²) in [6.07, 6.45) is 3.56. The molecule has 27 heavy (non-hydrogen) atoms. The molecule has 0 bridgehead atoms. The molecule has 0 aliphatic carbocycles. The first-order chi connectivity index (χ1) is 12.7. The minimum Gasteiger partial charge on any atom is -0.489 e. The summed E-state index contributed by atoms with van der Waals surface area (Å²) < 4.78 is 17.1. The Balaban J connectivity index is 0.00000364. The van der Waals surface area contributed by atoms with Crippen molar-refractivity contribution in [3.05, 3.63) is 29.8 Å². The minimum absolute atomic E-state index is 0. The van der Waals surface area contributed by atoms with E-state index in [1.165, 1.54) is 5.56 Å². The Morgan fingerprint density at radius 3 is 2.93 bits per heavy atom. The van der Waals surface area contributed by atoms with Crippen LogP contribution in [0.1, 0.15) is 31.7 Å². The second-order valence-corrected chi connectivity index (χ2v) is 6.69. The number of aliphatic imine (C=N–C) groups is 1.